The highest BCUT2D eigenvalue weighted by atomic mass is 32.2. The van der Waals surface area contributed by atoms with Crippen molar-refractivity contribution in [3.63, 3.8) is 0 Å². The van der Waals surface area contributed by atoms with Gasteiger partial charge in [0.25, 0.3) is 5.91 Å². The van der Waals surface area contributed by atoms with Crippen LogP contribution in [0.3, 0.4) is 0 Å². The number of hydrogen-bond acceptors (Lipinski definition) is 2. The van der Waals surface area contributed by atoms with Gasteiger partial charge in [0.15, 0.2) is 0 Å². The van der Waals surface area contributed by atoms with Gasteiger partial charge in [-0.3, -0.25) is 4.79 Å². The highest BCUT2D eigenvalue weighted by Gasteiger charge is 2.29. The van der Waals surface area contributed by atoms with E-state index in [0.717, 1.165) is 30.8 Å². The summed E-state index contributed by atoms with van der Waals surface area (Å²) in [5.74, 6) is 2.50. The summed E-state index contributed by atoms with van der Waals surface area (Å²) in [5.41, 5.74) is 3.34. The van der Waals surface area contributed by atoms with Gasteiger partial charge in [0, 0.05) is 36.3 Å². The maximum absolute atomic E-state index is 12.7. The van der Waals surface area contributed by atoms with Crippen molar-refractivity contribution in [1.82, 2.24) is 9.47 Å². The SMILES string of the molecule is Cc1cc(C(=O)N2CCCSCC2)c(C)n1C1CC1. The van der Waals surface area contributed by atoms with Gasteiger partial charge in [0.2, 0.25) is 0 Å². The third-order valence-corrected chi connectivity index (χ3v) is 5.18. The summed E-state index contributed by atoms with van der Waals surface area (Å²) in [6.07, 6.45) is 3.66. The Bertz CT molecular complexity index is 483. The van der Waals surface area contributed by atoms with E-state index in [1.807, 2.05) is 16.7 Å². The van der Waals surface area contributed by atoms with Gasteiger partial charge in [0.1, 0.15) is 0 Å². The molecule has 0 N–H and O–H groups in total. The number of carbonyl (C=O) groups is 1. The second kappa shape index (κ2) is 5.23. The van der Waals surface area contributed by atoms with Crippen molar-refractivity contribution >= 4 is 17.7 Å². The van der Waals surface area contributed by atoms with Crippen LogP contribution in [0.2, 0.25) is 0 Å². The molecule has 1 saturated heterocycles. The molecular formula is C15H22N2OS. The Kier molecular flexibility index (Phi) is 3.61. The van der Waals surface area contributed by atoms with Crippen LogP contribution in [0, 0.1) is 13.8 Å². The molecule has 0 spiro atoms. The van der Waals surface area contributed by atoms with Crippen molar-refractivity contribution in [2.24, 2.45) is 0 Å². The largest absolute Gasteiger partial charge is 0.345 e. The van der Waals surface area contributed by atoms with E-state index in [1.54, 1.807) is 0 Å². The maximum atomic E-state index is 12.7. The van der Waals surface area contributed by atoms with E-state index >= 15 is 0 Å². The smallest absolute Gasteiger partial charge is 0.255 e. The Morgan fingerprint density at radius 1 is 1.26 bits per heavy atom. The number of aryl methyl sites for hydroxylation is 1. The van der Waals surface area contributed by atoms with Gasteiger partial charge in [-0.25, -0.2) is 0 Å². The fourth-order valence-electron chi connectivity index (χ4n) is 3.01. The average Bonchev–Trinajstić information content (AvgIpc) is 3.19. The molecular weight excluding hydrogens is 256 g/mol. The van der Waals surface area contributed by atoms with Crippen LogP contribution < -0.4 is 0 Å². The Morgan fingerprint density at radius 2 is 2.05 bits per heavy atom. The first-order valence-electron chi connectivity index (χ1n) is 7.24. The number of rotatable bonds is 2. The first-order valence-corrected chi connectivity index (χ1v) is 8.39. The second-order valence-electron chi connectivity index (χ2n) is 5.64. The normalized spacial score (nSPS) is 20.4. The molecule has 1 aliphatic carbocycles. The first-order chi connectivity index (χ1) is 9.18. The second-order valence-corrected chi connectivity index (χ2v) is 6.87. The van der Waals surface area contributed by atoms with E-state index in [4.69, 9.17) is 0 Å². The number of hydrogen-bond donors (Lipinski definition) is 0. The molecule has 1 amide bonds. The van der Waals surface area contributed by atoms with Crippen LogP contribution in [0.1, 0.15) is 47.1 Å². The molecule has 1 saturated carbocycles. The maximum Gasteiger partial charge on any atom is 0.255 e. The molecule has 0 atom stereocenters. The third kappa shape index (κ3) is 2.55. The molecule has 2 heterocycles. The van der Waals surface area contributed by atoms with Crippen LogP contribution in [0.15, 0.2) is 6.07 Å². The van der Waals surface area contributed by atoms with E-state index in [2.05, 4.69) is 24.5 Å². The number of thioether (sulfide) groups is 1. The molecule has 0 aromatic carbocycles. The number of nitrogens with zero attached hydrogens (tertiary/aromatic N) is 2. The molecule has 2 fully saturated rings. The lowest BCUT2D eigenvalue weighted by molar-refractivity contribution is 0.0767. The van der Waals surface area contributed by atoms with Crippen LogP contribution in [-0.2, 0) is 0 Å². The van der Waals surface area contributed by atoms with Crippen molar-refractivity contribution in [1.29, 1.82) is 0 Å². The van der Waals surface area contributed by atoms with Crippen LogP contribution in [0.4, 0.5) is 0 Å². The summed E-state index contributed by atoms with van der Waals surface area (Å²) >= 11 is 1.96. The van der Waals surface area contributed by atoms with Gasteiger partial charge >= 0.3 is 0 Å². The lowest BCUT2D eigenvalue weighted by Crippen LogP contribution is -2.33. The quantitative estimate of drug-likeness (QED) is 0.831. The summed E-state index contributed by atoms with van der Waals surface area (Å²) in [7, 11) is 0. The molecule has 19 heavy (non-hydrogen) atoms. The van der Waals surface area contributed by atoms with Gasteiger partial charge in [-0.1, -0.05) is 0 Å². The van der Waals surface area contributed by atoms with Crippen molar-refractivity contribution in [3.05, 3.63) is 23.0 Å². The molecule has 1 aromatic rings. The average molecular weight is 278 g/mol. The number of aromatic nitrogens is 1. The molecule has 2 aliphatic rings. The van der Waals surface area contributed by atoms with Gasteiger partial charge < -0.3 is 9.47 Å². The Balaban J connectivity index is 1.84. The van der Waals surface area contributed by atoms with Crippen molar-refractivity contribution in [2.45, 2.75) is 39.2 Å². The van der Waals surface area contributed by atoms with Gasteiger partial charge in [0.05, 0.1) is 5.56 Å². The van der Waals surface area contributed by atoms with Gasteiger partial charge in [-0.15, -0.1) is 0 Å². The van der Waals surface area contributed by atoms with Crippen LogP contribution in [0.5, 0.6) is 0 Å². The van der Waals surface area contributed by atoms with E-state index < -0.39 is 0 Å². The molecule has 104 valence electrons. The highest BCUT2D eigenvalue weighted by Crippen LogP contribution is 2.38. The minimum Gasteiger partial charge on any atom is -0.345 e. The zero-order chi connectivity index (χ0) is 13.4. The molecule has 0 radical (unpaired) electrons. The Hall–Kier alpha value is -0.900. The van der Waals surface area contributed by atoms with Crippen molar-refractivity contribution in [2.75, 3.05) is 24.6 Å². The van der Waals surface area contributed by atoms with Crippen molar-refractivity contribution in [3.8, 4) is 0 Å². The summed E-state index contributed by atoms with van der Waals surface area (Å²) < 4.78 is 2.36. The fraction of sp³-hybridized carbons (Fsp3) is 0.667. The molecule has 3 rings (SSSR count). The summed E-state index contributed by atoms with van der Waals surface area (Å²) in [4.78, 5) is 14.7. The predicted octanol–water partition coefficient (Wildman–Crippen LogP) is 3.02. The lowest BCUT2D eigenvalue weighted by Gasteiger charge is -2.20. The Morgan fingerprint density at radius 3 is 2.79 bits per heavy atom. The van der Waals surface area contributed by atoms with Crippen LogP contribution in [0.25, 0.3) is 0 Å². The first kappa shape index (κ1) is 13.1. The predicted molar refractivity (Wildman–Crippen MR) is 80.0 cm³/mol. The fourth-order valence-corrected chi connectivity index (χ4v) is 3.89. The molecule has 3 nitrogen and oxygen atoms in total. The lowest BCUT2D eigenvalue weighted by atomic mass is 10.2. The topological polar surface area (TPSA) is 25.2 Å². The molecule has 1 aromatic heterocycles. The van der Waals surface area contributed by atoms with Crippen LogP contribution in [-0.4, -0.2) is 40.0 Å². The number of carbonyl (C=O) groups excluding carboxylic acids is 1. The summed E-state index contributed by atoms with van der Waals surface area (Å²) in [5, 5.41) is 0. The third-order valence-electron chi connectivity index (χ3n) is 4.14. The van der Waals surface area contributed by atoms with Crippen LogP contribution >= 0.6 is 11.8 Å². The number of amides is 1. The zero-order valence-corrected chi connectivity index (χ0v) is 12.6. The molecule has 0 bridgehead atoms. The monoisotopic (exact) mass is 278 g/mol. The zero-order valence-electron chi connectivity index (χ0n) is 11.8. The van der Waals surface area contributed by atoms with Gasteiger partial charge in [-0.05, 0) is 44.9 Å². The Labute approximate surface area is 119 Å². The molecule has 4 heteroatoms. The standard InChI is InChI=1S/C15H22N2OS/c1-11-10-14(12(2)17(11)13-4-5-13)15(18)16-6-3-8-19-9-7-16/h10,13H,3-9H2,1-2H3. The highest BCUT2D eigenvalue weighted by molar-refractivity contribution is 7.99. The minimum atomic E-state index is 0.238. The minimum absolute atomic E-state index is 0.238. The van der Waals surface area contributed by atoms with E-state index in [0.29, 0.717) is 6.04 Å². The van der Waals surface area contributed by atoms with E-state index in [-0.39, 0.29) is 5.91 Å². The van der Waals surface area contributed by atoms with Gasteiger partial charge in [-0.2, -0.15) is 11.8 Å². The summed E-state index contributed by atoms with van der Waals surface area (Å²) in [6, 6.07) is 2.75. The van der Waals surface area contributed by atoms with E-state index in [1.165, 1.54) is 30.0 Å². The summed E-state index contributed by atoms with van der Waals surface area (Å²) in [6.45, 7) is 6.04. The molecule has 0 unspecified atom stereocenters. The van der Waals surface area contributed by atoms with E-state index in [9.17, 15) is 4.79 Å². The van der Waals surface area contributed by atoms with Crippen molar-refractivity contribution < 1.29 is 4.79 Å². The molecule has 1 aliphatic heterocycles.